The van der Waals surface area contributed by atoms with Gasteiger partial charge in [0.05, 0.1) is 11.6 Å². The van der Waals surface area contributed by atoms with Crippen molar-refractivity contribution < 1.29 is 9.59 Å². The lowest BCUT2D eigenvalue weighted by atomic mass is 10.1. The summed E-state index contributed by atoms with van der Waals surface area (Å²) in [7, 11) is 1.73. The first-order valence-electron chi connectivity index (χ1n) is 7.82. The fourth-order valence-electron chi connectivity index (χ4n) is 2.35. The Morgan fingerprint density at radius 1 is 1.20 bits per heavy atom. The highest BCUT2D eigenvalue weighted by Gasteiger charge is 2.12. The number of rotatable bonds is 6. The van der Waals surface area contributed by atoms with Crippen LogP contribution < -0.4 is 5.32 Å². The molecule has 2 amide bonds. The Hall–Kier alpha value is -3.39. The van der Waals surface area contributed by atoms with Crippen molar-refractivity contribution >= 4 is 17.5 Å². The maximum Gasteiger partial charge on any atom is 0.253 e. The van der Waals surface area contributed by atoms with Gasteiger partial charge in [-0.05, 0) is 48.4 Å². The lowest BCUT2D eigenvalue weighted by Crippen LogP contribution is -2.29. The van der Waals surface area contributed by atoms with Crippen molar-refractivity contribution in [2.24, 2.45) is 0 Å². The maximum atomic E-state index is 12.5. The van der Waals surface area contributed by atoms with Crippen LogP contribution >= 0.6 is 0 Å². The lowest BCUT2D eigenvalue weighted by molar-refractivity contribution is -0.111. The molecular formula is C20H19N3O2. The topological polar surface area (TPSA) is 73.2 Å². The van der Waals surface area contributed by atoms with E-state index < -0.39 is 0 Å². The standard InChI is InChI=1S/C20H19N3O2/c1-3-19(24)22-18-10-8-16(9-11-18)20(25)23(2)13-12-15-6-4-5-7-17(15)14-21/h3-11H,1,12-13H2,2H3,(H,22,24). The Labute approximate surface area is 147 Å². The molecular weight excluding hydrogens is 314 g/mol. The van der Waals surface area contributed by atoms with E-state index in [1.165, 1.54) is 6.08 Å². The number of amides is 2. The molecule has 25 heavy (non-hydrogen) atoms. The van der Waals surface area contributed by atoms with Crippen LogP contribution in [0.1, 0.15) is 21.5 Å². The third kappa shape index (κ3) is 4.79. The summed E-state index contributed by atoms with van der Waals surface area (Å²) in [6, 6.07) is 16.2. The summed E-state index contributed by atoms with van der Waals surface area (Å²) < 4.78 is 0. The minimum absolute atomic E-state index is 0.115. The summed E-state index contributed by atoms with van der Waals surface area (Å²) >= 11 is 0. The number of nitrogens with zero attached hydrogens (tertiary/aromatic N) is 2. The average molecular weight is 333 g/mol. The Kier molecular flexibility index (Phi) is 6.08. The molecule has 0 aliphatic carbocycles. The van der Waals surface area contributed by atoms with Gasteiger partial charge in [-0.1, -0.05) is 24.8 Å². The van der Waals surface area contributed by atoms with Crippen LogP contribution in [0.3, 0.4) is 0 Å². The zero-order valence-electron chi connectivity index (χ0n) is 14.0. The molecule has 0 unspecified atom stereocenters. The number of hydrogen-bond donors (Lipinski definition) is 1. The van der Waals surface area contributed by atoms with Crippen molar-refractivity contribution in [1.29, 1.82) is 5.26 Å². The van der Waals surface area contributed by atoms with Gasteiger partial charge < -0.3 is 10.2 Å². The second-order valence-electron chi connectivity index (χ2n) is 5.52. The fraction of sp³-hybridized carbons (Fsp3) is 0.150. The molecule has 2 aromatic rings. The minimum Gasteiger partial charge on any atom is -0.341 e. The molecule has 0 radical (unpaired) electrons. The lowest BCUT2D eigenvalue weighted by Gasteiger charge is -2.18. The van der Waals surface area contributed by atoms with Gasteiger partial charge in [-0.3, -0.25) is 9.59 Å². The van der Waals surface area contributed by atoms with Crippen LogP contribution in [-0.4, -0.2) is 30.3 Å². The number of carbonyl (C=O) groups excluding carboxylic acids is 2. The van der Waals surface area contributed by atoms with Crippen molar-refractivity contribution in [3.63, 3.8) is 0 Å². The number of anilines is 1. The van der Waals surface area contributed by atoms with Crippen LogP contribution in [0.4, 0.5) is 5.69 Å². The van der Waals surface area contributed by atoms with Crippen LogP contribution in [0, 0.1) is 11.3 Å². The second-order valence-corrected chi connectivity index (χ2v) is 5.52. The molecule has 5 nitrogen and oxygen atoms in total. The highest BCUT2D eigenvalue weighted by molar-refractivity contribution is 5.99. The van der Waals surface area contributed by atoms with E-state index in [2.05, 4.69) is 18.0 Å². The number of carbonyl (C=O) groups is 2. The number of benzene rings is 2. The molecule has 0 saturated heterocycles. The summed E-state index contributed by atoms with van der Waals surface area (Å²) in [6.07, 6.45) is 1.80. The SMILES string of the molecule is C=CC(=O)Nc1ccc(C(=O)N(C)CCc2ccccc2C#N)cc1. The Bertz CT molecular complexity index is 820. The predicted octanol–water partition coefficient (Wildman–Crippen LogP) is 3.00. The smallest absolute Gasteiger partial charge is 0.253 e. The molecule has 0 spiro atoms. The molecule has 1 N–H and O–H groups in total. The molecule has 0 saturated carbocycles. The van der Waals surface area contributed by atoms with Gasteiger partial charge in [0.1, 0.15) is 0 Å². The van der Waals surface area contributed by atoms with E-state index in [1.807, 2.05) is 18.2 Å². The highest BCUT2D eigenvalue weighted by Crippen LogP contribution is 2.13. The normalized spacial score (nSPS) is 9.76. The summed E-state index contributed by atoms with van der Waals surface area (Å²) in [4.78, 5) is 25.3. The third-order valence-corrected chi connectivity index (χ3v) is 3.79. The number of nitrogens with one attached hydrogen (secondary N) is 1. The fourth-order valence-corrected chi connectivity index (χ4v) is 2.35. The monoisotopic (exact) mass is 333 g/mol. The molecule has 0 aromatic heterocycles. The van der Waals surface area contributed by atoms with E-state index in [0.29, 0.717) is 29.8 Å². The van der Waals surface area contributed by atoms with Crippen LogP contribution in [0.25, 0.3) is 0 Å². The van der Waals surface area contributed by atoms with E-state index in [-0.39, 0.29) is 11.8 Å². The van der Waals surface area contributed by atoms with Gasteiger partial charge in [-0.25, -0.2) is 0 Å². The Morgan fingerprint density at radius 3 is 2.52 bits per heavy atom. The number of likely N-dealkylation sites (N-methyl/N-ethyl adjacent to an activating group) is 1. The third-order valence-electron chi connectivity index (χ3n) is 3.79. The second kappa shape index (κ2) is 8.46. The predicted molar refractivity (Wildman–Crippen MR) is 97.1 cm³/mol. The molecule has 126 valence electrons. The van der Waals surface area contributed by atoms with Gasteiger partial charge in [-0.2, -0.15) is 5.26 Å². The van der Waals surface area contributed by atoms with E-state index in [9.17, 15) is 9.59 Å². The van der Waals surface area contributed by atoms with Crippen molar-refractivity contribution in [2.75, 3.05) is 18.9 Å². The van der Waals surface area contributed by atoms with Gasteiger partial charge in [0.2, 0.25) is 5.91 Å². The van der Waals surface area contributed by atoms with Crippen molar-refractivity contribution in [3.8, 4) is 6.07 Å². The molecule has 5 heteroatoms. The molecule has 0 atom stereocenters. The largest absolute Gasteiger partial charge is 0.341 e. The zero-order valence-corrected chi connectivity index (χ0v) is 14.0. The summed E-state index contributed by atoms with van der Waals surface area (Å²) in [5.74, 6) is -0.414. The Morgan fingerprint density at radius 2 is 1.88 bits per heavy atom. The first-order chi connectivity index (χ1) is 12.0. The zero-order chi connectivity index (χ0) is 18.2. The van der Waals surface area contributed by atoms with Crippen LogP contribution in [-0.2, 0) is 11.2 Å². The van der Waals surface area contributed by atoms with Crippen LogP contribution in [0.2, 0.25) is 0 Å². The van der Waals surface area contributed by atoms with Gasteiger partial charge in [0, 0.05) is 24.8 Å². The summed E-state index contributed by atoms with van der Waals surface area (Å²) in [5.41, 5.74) is 2.69. The summed E-state index contributed by atoms with van der Waals surface area (Å²) in [5, 5.41) is 11.7. The van der Waals surface area contributed by atoms with E-state index in [0.717, 1.165) is 5.56 Å². The molecule has 2 aromatic carbocycles. The summed E-state index contributed by atoms with van der Waals surface area (Å²) in [6.45, 7) is 3.90. The van der Waals surface area contributed by atoms with Crippen LogP contribution in [0.5, 0.6) is 0 Å². The van der Waals surface area contributed by atoms with E-state index in [1.54, 1.807) is 42.3 Å². The first-order valence-corrected chi connectivity index (χ1v) is 7.82. The van der Waals surface area contributed by atoms with Crippen LogP contribution in [0.15, 0.2) is 61.2 Å². The quantitative estimate of drug-likeness (QED) is 0.826. The van der Waals surface area contributed by atoms with Gasteiger partial charge in [0.15, 0.2) is 0 Å². The highest BCUT2D eigenvalue weighted by atomic mass is 16.2. The van der Waals surface area contributed by atoms with Crippen molar-refractivity contribution in [2.45, 2.75) is 6.42 Å². The first kappa shape index (κ1) is 18.0. The number of nitriles is 1. The maximum absolute atomic E-state index is 12.5. The van der Waals surface area contributed by atoms with E-state index >= 15 is 0 Å². The van der Waals surface area contributed by atoms with Gasteiger partial charge >= 0.3 is 0 Å². The molecule has 0 bridgehead atoms. The molecule has 0 aliphatic heterocycles. The molecule has 2 rings (SSSR count). The molecule has 0 heterocycles. The number of hydrogen-bond acceptors (Lipinski definition) is 3. The van der Waals surface area contributed by atoms with Crippen molar-refractivity contribution in [1.82, 2.24) is 4.90 Å². The Balaban J connectivity index is 1.99. The molecule has 0 aliphatic rings. The minimum atomic E-state index is -0.299. The van der Waals surface area contributed by atoms with Gasteiger partial charge in [-0.15, -0.1) is 0 Å². The van der Waals surface area contributed by atoms with E-state index in [4.69, 9.17) is 5.26 Å². The van der Waals surface area contributed by atoms with Crippen molar-refractivity contribution in [3.05, 3.63) is 77.9 Å². The molecule has 0 fully saturated rings. The average Bonchev–Trinajstić information content (AvgIpc) is 2.66. The van der Waals surface area contributed by atoms with Gasteiger partial charge in [0.25, 0.3) is 5.91 Å².